The molecule has 1 aliphatic rings. The third-order valence-corrected chi connectivity index (χ3v) is 3.51. The summed E-state index contributed by atoms with van der Waals surface area (Å²) in [5.74, 6) is -0.852. The fraction of sp³-hybridized carbons (Fsp3) is 0.857. The molecular weight excluding hydrogens is 207 g/mol. The van der Waals surface area contributed by atoms with Gasteiger partial charge in [-0.3, -0.25) is 9.36 Å². The van der Waals surface area contributed by atoms with Crippen LogP contribution in [-0.4, -0.2) is 29.8 Å². The highest BCUT2D eigenvalue weighted by Crippen LogP contribution is 2.30. The Bertz CT molecular complexity index is 258. The van der Waals surface area contributed by atoms with Gasteiger partial charge in [0.05, 0.1) is 0 Å². The van der Waals surface area contributed by atoms with Gasteiger partial charge in [-0.15, -0.1) is 4.91 Å². The topological polar surface area (TPSA) is 95.8 Å². The summed E-state index contributed by atoms with van der Waals surface area (Å²) in [6.07, 6.45) is 1.44. The number of aliphatic carboxylic acids is 1. The van der Waals surface area contributed by atoms with Gasteiger partial charge < -0.3 is 10.4 Å². The summed E-state index contributed by atoms with van der Waals surface area (Å²) in [5, 5.41) is 11.6. The van der Waals surface area contributed by atoms with Crippen molar-refractivity contribution in [2.24, 2.45) is 10.9 Å². The smallest absolute Gasteiger partial charge is 0.320 e. The molecule has 0 aliphatic carbocycles. The van der Waals surface area contributed by atoms with Crippen LogP contribution in [-0.2, 0) is 9.36 Å². The minimum absolute atomic E-state index is 0.0430. The lowest BCUT2D eigenvalue weighted by Crippen LogP contribution is -2.43. The van der Waals surface area contributed by atoms with Crippen LogP contribution in [0.25, 0.3) is 0 Å². The molecule has 0 aromatic carbocycles. The number of nitroso groups, excluding NO2 is 1. The predicted octanol–water partition coefficient (Wildman–Crippen LogP) is 0.680. The van der Waals surface area contributed by atoms with Crippen molar-refractivity contribution in [1.29, 1.82) is 0 Å². The van der Waals surface area contributed by atoms with Gasteiger partial charge in [0.25, 0.3) is 0 Å². The molecule has 0 aromatic heterocycles. The van der Waals surface area contributed by atoms with Gasteiger partial charge in [0.1, 0.15) is 6.04 Å². The van der Waals surface area contributed by atoms with E-state index < -0.39 is 20.0 Å². The van der Waals surface area contributed by atoms with Gasteiger partial charge in [0.15, 0.2) is 0 Å². The van der Waals surface area contributed by atoms with Crippen LogP contribution in [0, 0.1) is 10.8 Å². The number of nitrogens with zero attached hydrogens (tertiary/aromatic N) is 1. The summed E-state index contributed by atoms with van der Waals surface area (Å²) < 4.78 is 10.9. The molecule has 14 heavy (non-hydrogen) atoms. The monoisotopic (exact) mass is 220 g/mol. The van der Waals surface area contributed by atoms with E-state index in [-0.39, 0.29) is 12.1 Å². The number of nitrogens with one attached hydrogen (secondary N) is 1. The van der Waals surface area contributed by atoms with E-state index in [9.17, 15) is 14.3 Å². The molecule has 0 aromatic rings. The maximum Gasteiger partial charge on any atom is 0.320 e. The molecule has 2 N–H and O–H groups in total. The van der Waals surface area contributed by atoms with Gasteiger partial charge in [-0.05, 0) is 30.3 Å². The van der Waals surface area contributed by atoms with Crippen LogP contribution in [0.15, 0.2) is 4.95 Å². The first-order valence-corrected chi connectivity index (χ1v) is 6.02. The summed E-state index contributed by atoms with van der Waals surface area (Å²) >= 11 is 0. The Morgan fingerprint density at radius 3 is 2.93 bits per heavy atom. The highest BCUT2D eigenvalue weighted by molar-refractivity contribution is 7.42. The molecule has 1 rings (SSSR count). The molecule has 3 atom stereocenters. The Morgan fingerprint density at radius 1 is 1.64 bits per heavy atom. The Morgan fingerprint density at radius 2 is 2.36 bits per heavy atom. The van der Waals surface area contributed by atoms with Crippen LogP contribution in [0.3, 0.4) is 0 Å². The third-order valence-electron chi connectivity index (χ3n) is 2.38. The van der Waals surface area contributed by atoms with Gasteiger partial charge in [0.2, 0.25) is 7.95 Å². The molecule has 1 fully saturated rings. The van der Waals surface area contributed by atoms with E-state index in [1.807, 2.05) is 0 Å². The largest absolute Gasteiger partial charge is 0.480 e. The Kier molecular flexibility index (Phi) is 4.22. The minimum atomic E-state index is -2.38. The van der Waals surface area contributed by atoms with E-state index in [4.69, 9.17) is 5.11 Å². The van der Waals surface area contributed by atoms with Crippen molar-refractivity contribution in [3.63, 3.8) is 0 Å². The van der Waals surface area contributed by atoms with Crippen LogP contribution >= 0.6 is 7.95 Å². The zero-order valence-electron chi connectivity index (χ0n) is 7.60. The van der Waals surface area contributed by atoms with Gasteiger partial charge in [-0.25, -0.2) is 0 Å². The Hall–Kier alpha value is -0.740. The lowest BCUT2D eigenvalue weighted by atomic mass is 9.94. The molecule has 0 bridgehead atoms. The number of hydrogen-bond acceptors (Lipinski definition) is 4. The Balaban J connectivity index is 2.43. The second kappa shape index (κ2) is 5.22. The SMILES string of the molecule is O=N[PH](=O)C[C@H]1CCN[C@@H](C(=O)O)C1. The second-order valence-electron chi connectivity index (χ2n) is 3.42. The number of carboxylic acids is 1. The van der Waals surface area contributed by atoms with E-state index in [0.29, 0.717) is 13.0 Å². The standard InChI is InChI=1S/C7H13N2O4P/c10-7(11)6-3-5(1-2-8-6)4-14(13)9-12/h5-6,8,14H,1-4H2,(H,10,11)/t5-,6+/m0/s1. The lowest BCUT2D eigenvalue weighted by Gasteiger charge is -2.26. The average molecular weight is 220 g/mol. The molecule has 80 valence electrons. The quantitative estimate of drug-likeness (QED) is 0.536. The molecule has 1 saturated heterocycles. The summed E-state index contributed by atoms with van der Waals surface area (Å²) in [5.41, 5.74) is 0. The van der Waals surface area contributed by atoms with Crippen molar-refractivity contribution in [2.75, 3.05) is 12.7 Å². The molecular formula is C7H13N2O4P. The molecule has 6 nitrogen and oxygen atoms in total. The van der Waals surface area contributed by atoms with E-state index >= 15 is 0 Å². The molecule has 0 radical (unpaired) electrons. The maximum atomic E-state index is 10.9. The van der Waals surface area contributed by atoms with E-state index in [2.05, 4.69) is 10.3 Å². The molecule has 1 unspecified atom stereocenters. The zero-order valence-corrected chi connectivity index (χ0v) is 8.60. The summed E-state index contributed by atoms with van der Waals surface area (Å²) in [6.45, 7) is 0.593. The highest BCUT2D eigenvalue weighted by atomic mass is 31.1. The van der Waals surface area contributed by atoms with Crippen LogP contribution < -0.4 is 5.32 Å². The fourth-order valence-corrected chi connectivity index (χ4v) is 2.59. The number of rotatable bonds is 4. The maximum absolute atomic E-state index is 10.9. The molecule has 1 heterocycles. The molecule has 0 amide bonds. The number of piperidine rings is 1. The van der Waals surface area contributed by atoms with Crippen LogP contribution in [0.2, 0.25) is 0 Å². The molecule has 1 aliphatic heterocycles. The van der Waals surface area contributed by atoms with Gasteiger partial charge in [0, 0.05) is 6.16 Å². The lowest BCUT2D eigenvalue weighted by molar-refractivity contribution is -0.140. The summed E-state index contributed by atoms with van der Waals surface area (Å²) in [7, 11) is -2.38. The van der Waals surface area contributed by atoms with Crippen molar-refractivity contribution in [2.45, 2.75) is 18.9 Å². The third kappa shape index (κ3) is 3.20. The van der Waals surface area contributed by atoms with E-state index in [1.165, 1.54) is 0 Å². The molecule has 7 heteroatoms. The number of carboxylic acid groups (broad SMARTS) is 1. The summed E-state index contributed by atoms with van der Waals surface area (Å²) in [6, 6.07) is -0.574. The fourth-order valence-electron chi connectivity index (χ4n) is 1.65. The van der Waals surface area contributed by atoms with Crippen molar-refractivity contribution < 1.29 is 14.5 Å². The number of carbonyl (C=O) groups is 1. The first-order valence-electron chi connectivity index (χ1n) is 4.46. The molecule has 0 spiro atoms. The first-order chi connectivity index (χ1) is 6.63. The van der Waals surface area contributed by atoms with Gasteiger partial charge in [-0.2, -0.15) is 0 Å². The van der Waals surface area contributed by atoms with Crippen molar-refractivity contribution in [3.05, 3.63) is 4.91 Å². The van der Waals surface area contributed by atoms with Gasteiger partial charge in [-0.1, -0.05) is 0 Å². The minimum Gasteiger partial charge on any atom is -0.480 e. The molecule has 0 saturated carbocycles. The number of hydrogen-bond donors (Lipinski definition) is 2. The highest BCUT2D eigenvalue weighted by Gasteiger charge is 2.27. The van der Waals surface area contributed by atoms with Crippen LogP contribution in [0.1, 0.15) is 12.8 Å². The first kappa shape index (κ1) is 11.3. The van der Waals surface area contributed by atoms with Crippen molar-refractivity contribution in [1.82, 2.24) is 5.32 Å². The van der Waals surface area contributed by atoms with Gasteiger partial charge >= 0.3 is 5.97 Å². The summed E-state index contributed by atoms with van der Waals surface area (Å²) in [4.78, 5) is 23.1. The average Bonchev–Trinajstić information content (AvgIpc) is 2.18. The van der Waals surface area contributed by atoms with Crippen LogP contribution in [0.5, 0.6) is 0 Å². The zero-order chi connectivity index (χ0) is 10.6. The normalized spacial score (nSPS) is 29.4. The van der Waals surface area contributed by atoms with Crippen molar-refractivity contribution >= 4 is 13.9 Å². The van der Waals surface area contributed by atoms with Crippen LogP contribution in [0.4, 0.5) is 0 Å². The second-order valence-corrected chi connectivity index (χ2v) is 4.80. The van der Waals surface area contributed by atoms with E-state index in [0.717, 1.165) is 6.42 Å². The Labute approximate surface area is 81.9 Å². The van der Waals surface area contributed by atoms with Crippen molar-refractivity contribution in [3.8, 4) is 0 Å². The van der Waals surface area contributed by atoms with E-state index in [1.54, 1.807) is 0 Å². The predicted molar refractivity (Wildman–Crippen MR) is 51.8 cm³/mol.